The summed E-state index contributed by atoms with van der Waals surface area (Å²) in [6.07, 6.45) is 0. The fourth-order valence-corrected chi connectivity index (χ4v) is 1.15. The summed E-state index contributed by atoms with van der Waals surface area (Å²) >= 11 is 0. The average Bonchev–Trinajstić information content (AvgIpc) is 2.16. The van der Waals surface area contributed by atoms with Crippen molar-refractivity contribution in [3.05, 3.63) is 29.3 Å². The number of rotatable bonds is 3. The quantitative estimate of drug-likeness (QED) is 0.688. The van der Waals surface area contributed by atoms with Crippen molar-refractivity contribution in [3.8, 4) is 0 Å². The number of hydrogen-bond acceptors (Lipinski definition) is 3. The van der Waals surface area contributed by atoms with E-state index in [4.69, 9.17) is 10.2 Å². The van der Waals surface area contributed by atoms with Crippen molar-refractivity contribution in [1.29, 1.82) is 0 Å². The van der Waals surface area contributed by atoms with Gasteiger partial charge in [-0.15, -0.1) is 0 Å². The molecule has 5 nitrogen and oxygen atoms in total. The molecule has 80 valence electrons. The lowest BCUT2D eigenvalue weighted by atomic mass is 10.1. The number of carbonyl (C=O) groups excluding carboxylic acids is 1. The summed E-state index contributed by atoms with van der Waals surface area (Å²) in [5, 5.41) is 20.2. The van der Waals surface area contributed by atoms with Crippen LogP contribution in [0.2, 0.25) is 0 Å². The van der Waals surface area contributed by atoms with E-state index in [1.54, 1.807) is 0 Å². The van der Waals surface area contributed by atoms with Gasteiger partial charge in [0, 0.05) is 18.2 Å². The molecule has 3 N–H and O–H groups in total. The van der Waals surface area contributed by atoms with Gasteiger partial charge >= 0.3 is 5.97 Å². The molecule has 1 rings (SSSR count). The molecule has 0 bridgehead atoms. The maximum absolute atomic E-state index is 10.8. The molecule has 0 aliphatic carbocycles. The van der Waals surface area contributed by atoms with Crippen molar-refractivity contribution < 1.29 is 19.8 Å². The van der Waals surface area contributed by atoms with Gasteiger partial charge in [0.15, 0.2) is 0 Å². The van der Waals surface area contributed by atoms with Crippen molar-refractivity contribution in [2.45, 2.75) is 13.5 Å². The van der Waals surface area contributed by atoms with E-state index in [1.165, 1.54) is 25.1 Å². The zero-order chi connectivity index (χ0) is 11.4. The first-order chi connectivity index (χ1) is 7.04. The van der Waals surface area contributed by atoms with Crippen molar-refractivity contribution in [2.24, 2.45) is 0 Å². The molecule has 1 aromatic carbocycles. The first kappa shape index (κ1) is 11.2. The van der Waals surface area contributed by atoms with Gasteiger partial charge in [0.25, 0.3) is 0 Å². The van der Waals surface area contributed by atoms with E-state index in [0.29, 0.717) is 11.3 Å². The first-order valence-corrected chi connectivity index (χ1v) is 4.29. The number of benzene rings is 1. The maximum Gasteiger partial charge on any atom is 0.335 e. The minimum absolute atomic E-state index is 0.0657. The van der Waals surface area contributed by atoms with Gasteiger partial charge < -0.3 is 15.5 Å². The second kappa shape index (κ2) is 4.56. The molecule has 0 saturated heterocycles. The third-order valence-electron chi connectivity index (χ3n) is 1.84. The van der Waals surface area contributed by atoms with Gasteiger partial charge in [-0.3, -0.25) is 4.79 Å². The standard InChI is InChI=1S/C10H11NO4/c1-6(13)11-9-4-7(10(14)15)2-3-8(9)5-12/h2-4,12H,5H2,1H3,(H,11,13)(H,14,15). The molecule has 0 radical (unpaired) electrons. The Morgan fingerprint density at radius 2 is 2.07 bits per heavy atom. The van der Waals surface area contributed by atoms with Crippen LogP contribution < -0.4 is 5.32 Å². The molecule has 15 heavy (non-hydrogen) atoms. The van der Waals surface area contributed by atoms with Gasteiger partial charge in [0.05, 0.1) is 12.2 Å². The normalized spacial score (nSPS) is 9.73. The highest BCUT2D eigenvalue weighted by Crippen LogP contribution is 2.18. The fourth-order valence-electron chi connectivity index (χ4n) is 1.15. The fraction of sp³-hybridized carbons (Fsp3) is 0.200. The zero-order valence-corrected chi connectivity index (χ0v) is 8.15. The number of amides is 1. The van der Waals surface area contributed by atoms with Gasteiger partial charge in [-0.1, -0.05) is 6.07 Å². The van der Waals surface area contributed by atoms with Crippen LogP contribution in [0.1, 0.15) is 22.8 Å². The summed E-state index contributed by atoms with van der Waals surface area (Å²) in [5.41, 5.74) is 0.871. The first-order valence-electron chi connectivity index (χ1n) is 4.29. The average molecular weight is 209 g/mol. The van der Waals surface area contributed by atoms with E-state index in [0.717, 1.165) is 0 Å². The van der Waals surface area contributed by atoms with Gasteiger partial charge in [-0.05, 0) is 12.1 Å². The van der Waals surface area contributed by atoms with Crippen molar-refractivity contribution in [1.82, 2.24) is 0 Å². The Labute approximate surface area is 86.4 Å². The Morgan fingerprint density at radius 3 is 2.53 bits per heavy atom. The molecule has 5 heteroatoms. The van der Waals surface area contributed by atoms with E-state index in [9.17, 15) is 9.59 Å². The van der Waals surface area contributed by atoms with Gasteiger partial charge in [0.2, 0.25) is 5.91 Å². The molecule has 1 aromatic rings. The number of hydrogen-bond donors (Lipinski definition) is 3. The maximum atomic E-state index is 10.8. The molecule has 0 aliphatic rings. The number of carboxylic acids is 1. The van der Waals surface area contributed by atoms with E-state index < -0.39 is 5.97 Å². The Morgan fingerprint density at radius 1 is 1.40 bits per heavy atom. The van der Waals surface area contributed by atoms with Gasteiger partial charge in [-0.2, -0.15) is 0 Å². The Balaban J connectivity index is 3.12. The van der Waals surface area contributed by atoms with Crippen LogP contribution in [0.4, 0.5) is 5.69 Å². The van der Waals surface area contributed by atoms with Crippen LogP contribution in [-0.2, 0) is 11.4 Å². The van der Waals surface area contributed by atoms with Crippen molar-refractivity contribution in [2.75, 3.05) is 5.32 Å². The molecule has 0 aromatic heterocycles. The van der Waals surface area contributed by atoms with Gasteiger partial charge in [0.1, 0.15) is 0 Å². The molecule has 0 atom stereocenters. The van der Waals surface area contributed by atoms with Crippen LogP contribution in [0.15, 0.2) is 18.2 Å². The van der Waals surface area contributed by atoms with Crippen LogP contribution in [0.25, 0.3) is 0 Å². The molecule has 0 spiro atoms. The lowest BCUT2D eigenvalue weighted by Crippen LogP contribution is -2.09. The summed E-state index contributed by atoms with van der Waals surface area (Å²) in [5.74, 6) is -1.39. The molecular formula is C10H11NO4. The molecule has 1 amide bonds. The predicted molar refractivity (Wildman–Crippen MR) is 53.6 cm³/mol. The summed E-state index contributed by atoms with van der Waals surface area (Å²) in [6, 6.07) is 4.16. The highest BCUT2D eigenvalue weighted by molar-refractivity contribution is 5.93. The number of carbonyl (C=O) groups is 2. The number of nitrogens with one attached hydrogen (secondary N) is 1. The zero-order valence-electron chi connectivity index (χ0n) is 8.15. The monoisotopic (exact) mass is 209 g/mol. The summed E-state index contributed by atoms with van der Waals surface area (Å²) in [7, 11) is 0. The molecule has 0 saturated carbocycles. The Kier molecular flexibility index (Phi) is 3.41. The third kappa shape index (κ3) is 2.78. The number of anilines is 1. The minimum atomic E-state index is -1.08. The number of aliphatic hydroxyl groups excluding tert-OH is 1. The number of carboxylic acid groups (broad SMARTS) is 1. The van der Waals surface area contributed by atoms with Crippen LogP contribution in [0.5, 0.6) is 0 Å². The molecule has 0 fully saturated rings. The van der Waals surface area contributed by atoms with Crippen molar-refractivity contribution >= 4 is 17.6 Å². The van der Waals surface area contributed by atoms with Gasteiger partial charge in [-0.25, -0.2) is 4.79 Å². The highest BCUT2D eigenvalue weighted by Gasteiger charge is 2.08. The van der Waals surface area contributed by atoms with Crippen LogP contribution in [0, 0.1) is 0 Å². The lowest BCUT2D eigenvalue weighted by molar-refractivity contribution is -0.114. The van der Waals surface area contributed by atoms with E-state index in [-0.39, 0.29) is 18.1 Å². The van der Waals surface area contributed by atoms with E-state index in [2.05, 4.69) is 5.32 Å². The SMILES string of the molecule is CC(=O)Nc1cc(C(=O)O)ccc1CO. The smallest absolute Gasteiger partial charge is 0.335 e. The number of aromatic carboxylic acids is 1. The second-order valence-corrected chi connectivity index (χ2v) is 3.02. The van der Waals surface area contributed by atoms with E-state index >= 15 is 0 Å². The lowest BCUT2D eigenvalue weighted by Gasteiger charge is -2.08. The predicted octanol–water partition coefficient (Wildman–Crippen LogP) is 0.835. The molecule has 0 unspecified atom stereocenters. The summed E-state index contributed by atoms with van der Waals surface area (Å²) in [6.45, 7) is 1.06. The van der Waals surface area contributed by atoms with Crippen LogP contribution >= 0.6 is 0 Å². The minimum Gasteiger partial charge on any atom is -0.478 e. The van der Waals surface area contributed by atoms with Crippen molar-refractivity contribution in [3.63, 3.8) is 0 Å². The summed E-state index contributed by atoms with van der Waals surface area (Å²) in [4.78, 5) is 21.5. The van der Waals surface area contributed by atoms with Crippen LogP contribution in [-0.4, -0.2) is 22.1 Å². The third-order valence-corrected chi connectivity index (χ3v) is 1.84. The molecule has 0 heterocycles. The number of aliphatic hydroxyl groups is 1. The molecule has 0 aliphatic heterocycles. The summed E-state index contributed by atoms with van der Waals surface area (Å²) < 4.78 is 0. The Bertz CT molecular complexity index is 400. The van der Waals surface area contributed by atoms with Crippen LogP contribution in [0.3, 0.4) is 0 Å². The highest BCUT2D eigenvalue weighted by atomic mass is 16.4. The Hall–Kier alpha value is -1.88. The largest absolute Gasteiger partial charge is 0.478 e. The molecular weight excluding hydrogens is 198 g/mol. The van der Waals surface area contributed by atoms with E-state index in [1.807, 2.05) is 0 Å². The topological polar surface area (TPSA) is 86.6 Å². The second-order valence-electron chi connectivity index (χ2n) is 3.02.